The Balaban J connectivity index is 2.48. The molecule has 0 unspecified atom stereocenters. The molecule has 104 valence electrons. The highest BCUT2D eigenvalue weighted by molar-refractivity contribution is 6.33. The lowest BCUT2D eigenvalue weighted by atomic mass is 9.93. The number of imidazole rings is 1. The summed E-state index contributed by atoms with van der Waals surface area (Å²) in [6.07, 6.45) is 1.75. The second-order valence-corrected chi connectivity index (χ2v) is 5.25. The monoisotopic (exact) mass is 297 g/mol. The molecule has 0 radical (unpaired) electrons. The fraction of sp³-hybridized carbons (Fsp3) is 0.125. The Morgan fingerprint density at radius 2 is 2.14 bits per heavy atom. The van der Waals surface area contributed by atoms with Crippen molar-refractivity contribution in [3.63, 3.8) is 0 Å². The van der Waals surface area contributed by atoms with Crippen LogP contribution >= 0.6 is 11.6 Å². The molecule has 0 saturated carbocycles. The minimum absolute atomic E-state index is 0.562. The van der Waals surface area contributed by atoms with Crippen molar-refractivity contribution in [2.24, 2.45) is 7.05 Å². The quantitative estimate of drug-likeness (QED) is 0.789. The molecule has 3 rings (SSSR count). The van der Waals surface area contributed by atoms with Crippen LogP contribution < -0.4 is 5.73 Å². The first-order valence-electron chi connectivity index (χ1n) is 6.58. The second kappa shape index (κ2) is 5.21. The van der Waals surface area contributed by atoms with E-state index in [1.54, 1.807) is 6.33 Å². The molecule has 4 nitrogen and oxygen atoms in total. The number of aromatic nitrogens is 2. The summed E-state index contributed by atoms with van der Waals surface area (Å²) in [4.78, 5) is 4.34. The van der Waals surface area contributed by atoms with Crippen LogP contribution in [-0.2, 0) is 13.6 Å². The maximum Gasteiger partial charge on any atom is 0.102 e. The highest BCUT2D eigenvalue weighted by atomic mass is 35.5. The Kier molecular flexibility index (Phi) is 3.38. The minimum atomic E-state index is 0.562. The fourth-order valence-corrected chi connectivity index (χ4v) is 2.94. The van der Waals surface area contributed by atoms with Gasteiger partial charge in [0.25, 0.3) is 0 Å². The number of hydrogen-bond acceptors (Lipinski definition) is 2. The number of fused-ring (bicyclic) bond motifs is 1. The number of rotatable bonds is 2. The van der Waals surface area contributed by atoms with Gasteiger partial charge < -0.3 is 10.3 Å². The van der Waals surface area contributed by atoms with Crippen molar-refractivity contribution in [1.29, 1.82) is 5.26 Å². The summed E-state index contributed by atoms with van der Waals surface area (Å²) in [5.41, 5.74) is 9.12. The van der Waals surface area contributed by atoms with Gasteiger partial charge in [0.1, 0.15) is 6.54 Å². The van der Waals surface area contributed by atoms with Gasteiger partial charge in [0.2, 0.25) is 0 Å². The van der Waals surface area contributed by atoms with E-state index in [4.69, 9.17) is 11.6 Å². The van der Waals surface area contributed by atoms with E-state index in [0.29, 0.717) is 17.1 Å². The highest BCUT2D eigenvalue weighted by Gasteiger charge is 2.19. The predicted octanol–water partition coefficient (Wildman–Crippen LogP) is 2.51. The van der Waals surface area contributed by atoms with E-state index >= 15 is 0 Å². The number of hydrogen-bond donors (Lipinski definition) is 1. The Bertz CT molecular complexity index is 874. The summed E-state index contributed by atoms with van der Waals surface area (Å²) in [6.45, 7) is 0.562. The van der Waals surface area contributed by atoms with Gasteiger partial charge in [0.05, 0.1) is 29.0 Å². The molecule has 21 heavy (non-hydrogen) atoms. The van der Waals surface area contributed by atoms with E-state index in [1.807, 2.05) is 41.9 Å². The van der Waals surface area contributed by atoms with Crippen LogP contribution in [-0.4, -0.2) is 9.55 Å². The third kappa shape index (κ3) is 2.07. The maximum absolute atomic E-state index is 9.51. The lowest BCUT2D eigenvalue weighted by Gasteiger charge is -2.13. The van der Waals surface area contributed by atoms with Gasteiger partial charge in [-0.2, -0.15) is 5.26 Å². The number of aryl methyl sites for hydroxylation is 1. The zero-order valence-corrected chi connectivity index (χ0v) is 12.4. The van der Waals surface area contributed by atoms with Crippen LogP contribution in [0.2, 0.25) is 5.02 Å². The summed E-state index contributed by atoms with van der Waals surface area (Å²) < 4.78 is 1.96. The van der Waals surface area contributed by atoms with Crippen molar-refractivity contribution in [3.8, 4) is 17.2 Å². The number of benzene rings is 2. The average molecular weight is 298 g/mol. The van der Waals surface area contributed by atoms with Crippen molar-refractivity contribution in [3.05, 3.63) is 52.8 Å². The Morgan fingerprint density at radius 3 is 2.81 bits per heavy atom. The molecule has 1 aromatic heterocycles. The van der Waals surface area contributed by atoms with Gasteiger partial charge in [-0.1, -0.05) is 29.8 Å². The molecule has 0 atom stereocenters. The van der Waals surface area contributed by atoms with Crippen LogP contribution in [0.4, 0.5) is 0 Å². The van der Waals surface area contributed by atoms with Gasteiger partial charge in [-0.3, -0.25) is 0 Å². The van der Waals surface area contributed by atoms with Crippen LogP contribution in [0.5, 0.6) is 0 Å². The Morgan fingerprint density at radius 1 is 1.38 bits per heavy atom. The van der Waals surface area contributed by atoms with Crippen molar-refractivity contribution in [1.82, 2.24) is 9.55 Å². The zero-order valence-electron chi connectivity index (χ0n) is 11.6. The van der Waals surface area contributed by atoms with E-state index in [9.17, 15) is 5.26 Å². The summed E-state index contributed by atoms with van der Waals surface area (Å²) >= 11 is 6.33. The molecule has 5 heteroatoms. The Labute approximate surface area is 127 Å². The average Bonchev–Trinajstić information content (AvgIpc) is 2.87. The highest BCUT2D eigenvalue weighted by Crippen LogP contribution is 2.36. The van der Waals surface area contributed by atoms with Gasteiger partial charge in [-0.05, 0) is 12.1 Å². The van der Waals surface area contributed by atoms with Gasteiger partial charge >= 0.3 is 0 Å². The van der Waals surface area contributed by atoms with Crippen molar-refractivity contribution >= 4 is 22.6 Å². The first-order valence-corrected chi connectivity index (χ1v) is 6.96. The number of nitrogens with zero attached hydrogens (tertiary/aromatic N) is 3. The SMILES string of the molecule is Cn1cnc2cc(C#N)c(-c3ccccc3Cl)c(C[NH3+])c21. The van der Waals surface area contributed by atoms with Gasteiger partial charge in [0.15, 0.2) is 0 Å². The molecule has 0 fully saturated rings. The molecule has 3 aromatic rings. The van der Waals surface area contributed by atoms with Gasteiger partial charge in [-0.15, -0.1) is 0 Å². The third-order valence-corrected chi connectivity index (χ3v) is 3.95. The minimum Gasteiger partial charge on any atom is -0.354 e. The standard InChI is InChI=1S/C16H13ClN4/c1-21-9-20-14-6-10(7-18)15(12(8-19)16(14)21)11-4-2-3-5-13(11)17/h2-6,9H,8,19H2,1H3/p+1. The summed E-state index contributed by atoms with van der Waals surface area (Å²) in [6, 6.07) is 11.6. The van der Waals surface area contributed by atoms with Crippen LogP contribution in [0.15, 0.2) is 36.7 Å². The largest absolute Gasteiger partial charge is 0.354 e. The maximum atomic E-state index is 9.51. The van der Waals surface area contributed by atoms with Crippen molar-refractivity contribution < 1.29 is 5.73 Å². The fourth-order valence-electron chi connectivity index (χ4n) is 2.71. The molecule has 0 saturated heterocycles. The molecule has 2 aromatic carbocycles. The number of halogens is 1. The zero-order chi connectivity index (χ0) is 15.0. The smallest absolute Gasteiger partial charge is 0.102 e. The molecule has 0 bridgehead atoms. The number of quaternary nitrogens is 1. The summed E-state index contributed by atoms with van der Waals surface area (Å²) in [5.74, 6) is 0. The second-order valence-electron chi connectivity index (χ2n) is 4.84. The molecule has 0 amide bonds. The van der Waals surface area contributed by atoms with E-state index in [0.717, 1.165) is 27.7 Å². The van der Waals surface area contributed by atoms with E-state index in [-0.39, 0.29) is 0 Å². The predicted molar refractivity (Wildman–Crippen MR) is 82.5 cm³/mol. The lowest BCUT2D eigenvalue weighted by Crippen LogP contribution is -2.47. The summed E-state index contributed by atoms with van der Waals surface area (Å²) in [7, 11) is 1.94. The molecule has 1 heterocycles. The molecule has 0 aliphatic rings. The molecule has 3 N–H and O–H groups in total. The molecule has 0 spiro atoms. The summed E-state index contributed by atoms with van der Waals surface area (Å²) in [5, 5.41) is 10.1. The van der Waals surface area contributed by atoms with E-state index < -0.39 is 0 Å². The Hall–Kier alpha value is -2.35. The van der Waals surface area contributed by atoms with Gasteiger partial charge in [0, 0.05) is 28.8 Å². The first kappa shape index (κ1) is 13.6. The number of nitriles is 1. The first-order chi connectivity index (χ1) is 10.2. The lowest BCUT2D eigenvalue weighted by molar-refractivity contribution is -0.385. The normalized spacial score (nSPS) is 10.8. The molecular formula is C16H14ClN4+. The molecular weight excluding hydrogens is 284 g/mol. The van der Waals surface area contributed by atoms with E-state index in [2.05, 4.69) is 16.8 Å². The van der Waals surface area contributed by atoms with Crippen molar-refractivity contribution in [2.45, 2.75) is 6.54 Å². The van der Waals surface area contributed by atoms with Crippen LogP contribution in [0, 0.1) is 11.3 Å². The van der Waals surface area contributed by atoms with Crippen LogP contribution in [0.1, 0.15) is 11.1 Å². The van der Waals surface area contributed by atoms with E-state index in [1.165, 1.54) is 0 Å². The van der Waals surface area contributed by atoms with Crippen molar-refractivity contribution in [2.75, 3.05) is 0 Å². The topological polar surface area (TPSA) is 69.2 Å². The third-order valence-electron chi connectivity index (χ3n) is 3.62. The van der Waals surface area contributed by atoms with Crippen LogP contribution in [0.3, 0.4) is 0 Å². The molecule has 0 aliphatic carbocycles. The van der Waals surface area contributed by atoms with Gasteiger partial charge in [-0.25, -0.2) is 4.98 Å². The molecule has 0 aliphatic heterocycles. The van der Waals surface area contributed by atoms with Crippen LogP contribution in [0.25, 0.3) is 22.2 Å².